The van der Waals surface area contributed by atoms with E-state index in [1.807, 2.05) is 0 Å². The largest absolute Gasteiger partial charge is 0.235 e. The lowest BCUT2D eigenvalue weighted by Gasteiger charge is -2.17. The van der Waals surface area contributed by atoms with E-state index in [0.717, 1.165) is 0 Å². The van der Waals surface area contributed by atoms with Crippen molar-refractivity contribution in [3.63, 3.8) is 0 Å². The molecular formula is C5H10N10O4. The van der Waals surface area contributed by atoms with Crippen LogP contribution in [0.1, 0.15) is 6.42 Å². The third kappa shape index (κ3) is 7.04. The van der Waals surface area contributed by atoms with E-state index in [0.29, 0.717) is 10.0 Å². The average molecular weight is 274 g/mol. The van der Waals surface area contributed by atoms with Crippen molar-refractivity contribution in [2.45, 2.75) is 6.42 Å². The second-order valence-electron chi connectivity index (χ2n) is 3.03. The molecule has 0 aliphatic rings. The highest BCUT2D eigenvalue weighted by atomic mass is 16.7. The summed E-state index contributed by atoms with van der Waals surface area (Å²) in [5.74, 6) is 0. The number of hydrazine groups is 2. The highest BCUT2D eigenvalue weighted by molar-refractivity contribution is 4.51. The number of hydrogen-bond donors (Lipinski definition) is 0. The fraction of sp³-hybridized carbons (Fsp3) is 1.00. The van der Waals surface area contributed by atoms with Crippen LogP contribution in [0.3, 0.4) is 0 Å². The Hall–Kier alpha value is -2.98. The average Bonchev–Trinajstić information content (AvgIpc) is 2.36. The first kappa shape index (κ1) is 16.0. The maximum Gasteiger partial charge on any atom is 0.207 e. The van der Waals surface area contributed by atoms with Crippen LogP contribution in [0, 0.1) is 20.2 Å². The van der Waals surface area contributed by atoms with E-state index in [4.69, 9.17) is 11.1 Å². The molecule has 0 fully saturated rings. The van der Waals surface area contributed by atoms with Crippen LogP contribution in [0.4, 0.5) is 0 Å². The van der Waals surface area contributed by atoms with Crippen molar-refractivity contribution in [2.75, 3.05) is 26.4 Å². The SMILES string of the molecule is [N-]=[N+]=NCCCN(CN(CN=[N+]=[N-])[N+](=O)[O-])[N+](=O)[O-]. The lowest BCUT2D eigenvalue weighted by molar-refractivity contribution is -0.711. The van der Waals surface area contributed by atoms with Crippen LogP contribution >= 0.6 is 0 Å². The van der Waals surface area contributed by atoms with E-state index in [9.17, 15) is 20.2 Å². The first-order chi connectivity index (χ1) is 9.02. The molecule has 14 heteroatoms. The molecule has 0 bridgehead atoms. The molecule has 14 nitrogen and oxygen atoms in total. The summed E-state index contributed by atoms with van der Waals surface area (Å²) >= 11 is 0. The predicted molar refractivity (Wildman–Crippen MR) is 60.0 cm³/mol. The molecule has 0 aliphatic heterocycles. The molecule has 0 saturated heterocycles. The Kier molecular flexibility index (Phi) is 7.67. The van der Waals surface area contributed by atoms with Crippen LogP contribution < -0.4 is 0 Å². The summed E-state index contributed by atoms with van der Waals surface area (Å²) in [6.07, 6.45) is 0.165. The van der Waals surface area contributed by atoms with Gasteiger partial charge in [0.2, 0.25) is 6.67 Å². The lowest BCUT2D eigenvalue weighted by Crippen LogP contribution is -2.44. The van der Waals surface area contributed by atoms with Crippen LogP contribution in [0.2, 0.25) is 0 Å². The van der Waals surface area contributed by atoms with Gasteiger partial charge in [-0.25, -0.2) is 20.2 Å². The van der Waals surface area contributed by atoms with Crippen molar-refractivity contribution in [2.24, 2.45) is 10.2 Å². The number of nitrogens with zero attached hydrogens (tertiary/aromatic N) is 10. The third-order valence-electron chi connectivity index (χ3n) is 1.82. The van der Waals surface area contributed by atoms with E-state index in [1.165, 1.54) is 0 Å². The lowest BCUT2D eigenvalue weighted by atomic mass is 10.4. The van der Waals surface area contributed by atoms with E-state index in [-0.39, 0.29) is 19.5 Å². The monoisotopic (exact) mass is 274 g/mol. The number of nitro groups is 2. The molecule has 0 aliphatic carbocycles. The van der Waals surface area contributed by atoms with Crippen molar-refractivity contribution in [3.05, 3.63) is 41.1 Å². The normalized spacial score (nSPS) is 8.84. The van der Waals surface area contributed by atoms with Crippen LogP contribution in [-0.2, 0) is 0 Å². The molecule has 0 heterocycles. The Morgan fingerprint density at radius 3 is 2.11 bits per heavy atom. The highest BCUT2D eigenvalue weighted by Crippen LogP contribution is 1.98. The van der Waals surface area contributed by atoms with Crippen molar-refractivity contribution < 1.29 is 10.1 Å². The van der Waals surface area contributed by atoms with Crippen molar-refractivity contribution in [1.29, 1.82) is 0 Å². The molecule has 0 aromatic rings. The molecule has 0 amide bonds. The zero-order valence-electron chi connectivity index (χ0n) is 9.64. The van der Waals surface area contributed by atoms with Gasteiger partial charge in [0.25, 0.3) is 0 Å². The molecule has 0 radical (unpaired) electrons. The van der Waals surface area contributed by atoms with Crippen LogP contribution in [0.15, 0.2) is 10.2 Å². The topological polar surface area (TPSA) is 190 Å². The van der Waals surface area contributed by atoms with Crippen molar-refractivity contribution >= 4 is 0 Å². The van der Waals surface area contributed by atoms with Gasteiger partial charge in [0, 0.05) is 16.4 Å². The molecule has 0 unspecified atom stereocenters. The van der Waals surface area contributed by atoms with Crippen molar-refractivity contribution in [1.82, 2.24) is 10.0 Å². The minimum atomic E-state index is -0.904. The number of rotatable bonds is 10. The summed E-state index contributed by atoms with van der Waals surface area (Å²) in [5, 5.41) is 26.6. The molecule has 0 aromatic carbocycles. The van der Waals surface area contributed by atoms with Gasteiger partial charge in [-0.2, -0.15) is 0 Å². The highest BCUT2D eigenvalue weighted by Gasteiger charge is 2.23. The first-order valence-corrected chi connectivity index (χ1v) is 4.83. The van der Waals surface area contributed by atoms with Gasteiger partial charge >= 0.3 is 0 Å². The Morgan fingerprint density at radius 1 is 1.05 bits per heavy atom. The van der Waals surface area contributed by atoms with Gasteiger partial charge in [-0.15, -0.1) is 5.01 Å². The zero-order valence-corrected chi connectivity index (χ0v) is 9.64. The van der Waals surface area contributed by atoms with Gasteiger partial charge in [-0.3, -0.25) is 0 Å². The standard InChI is InChI=1S/C5H10N10O4/c6-10-8-2-1-3-12(14(16)17)5-13(15(18)19)4-9-11-7/h1-5H2. The molecule has 0 spiro atoms. The molecular weight excluding hydrogens is 264 g/mol. The quantitative estimate of drug-likeness (QED) is 0.108. The Morgan fingerprint density at radius 2 is 1.63 bits per heavy atom. The molecule has 0 atom stereocenters. The van der Waals surface area contributed by atoms with E-state index in [1.54, 1.807) is 0 Å². The van der Waals surface area contributed by atoms with Gasteiger partial charge in [0.1, 0.15) is 0 Å². The second-order valence-corrected chi connectivity index (χ2v) is 3.03. The van der Waals surface area contributed by atoms with Crippen LogP contribution in [-0.4, -0.2) is 46.5 Å². The number of hydrogen-bond acceptors (Lipinski definition) is 6. The first-order valence-electron chi connectivity index (χ1n) is 4.83. The maximum absolute atomic E-state index is 10.7. The minimum Gasteiger partial charge on any atom is -0.235 e. The van der Waals surface area contributed by atoms with Gasteiger partial charge in [-0.05, 0) is 17.5 Å². The van der Waals surface area contributed by atoms with E-state index in [2.05, 4.69) is 20.1 Å². The van der Waals surface area contributed by atoms with E-state index >= 15 is 0 Å². The second kappa shape index (κ2) is 9.09. The Bertz CT molecular complexity index is 412. The summed E-state index contributed by atoms with van der Waals surface area (Å²) in [7, 11) is 0. The molecule has 0 saturated carbocycles. The summed E-state index contributed by atoms with van der Waals surface area (Å²) in [6, 6.07) is 0. The minimum absolute atomic E-state index is 0.0374. The van der Waals surface area contributed by atoms with Crippen LogP contribution in [0.25, 0.3) is 20.9 Å². The smallest absolute Gasteiger partial charge is 0.207 e. The van der Waals surface area contributed by atoms with E-state index < -0.39 is 23.4 Å². The van der Waals surface area contributed by atoms with Gasteiger partial charge in [-0.1, -0.05) is 15.2 Å². The summed E-state index contributed by atoms with van der Waals surface area (Å²) in [6.45, 7) is -1.40. The summed E-state index contributed by atoms with van der Waals surface area (Å²) in [4.78, 5) is 26.0. The summed E-state index contributed by atoms with van der Waals surface area (Å²) < 4.78 is 0. The molecule has 19 heavy (non-hydrogen) atoms. The summed E-state index contributed by atoms with van der Waals surface area (Å²) in [5.41, 5.74) is 16.1. The fourth-order valence-corrected chi connectivity index (χ4v) is 1.01. The number of azide groups is 2. The zero-order chi connectivity index (χ0) is 14.7. The van der Waals surface area contributed by atoms with Gasteiger partial charge < -0.3 is 0 Å². The van der Waals surface area contributed by atoms with Crippen LogP contribution in [0.5, 0.6) is 0 Å². The fourth-order valence-electron chi connectivity index (χ4n) is 1.01. The van der Waals surface area contributed by atoms with Gasteiger partial charge in [0.05, 0.1) is 6.54 Å². The molecule has 0 aromatic heterocycles. The Balaban J connectivity index is 4.50. The molecule has 0 rings (SSSR count). The maximum atomic E-state index is 10.7. The molecule has 0 N–H and O–H groups in total. The Labute approximate surface area is 105 Å². The van der Waals surface area contributed by atoms with Crippen molar-refractivity contribution in [3.8, 4) is 0 Å². The van der Waals surface area contributed by atoms with Gasteiger partial charge in [0.15, 0.2) is 16.7 Å². The third-order valence-corrected chi connectivity index (χ3v) is 1.82. The molecule has 104 valence electrons. The predicted octanol–water partition coefficient (Wildman–Crippen LogP) is 0.899.